The normalized spacial score (nSPS) is 11.4. The van der Waals surface area contributed by atoms with Crippen LogP contribution in [0.1, 0.15) is 22.5 Å². The number of aromatic nitrogens is 3. The van der Waals surface area contributed by atoms with Crippen molar-refractivity contribution in [3.8, 4) is 17.1 Å². The molecule has 0 atom stereocenters. The second-order valence-corrected chi connectivity index (χ2v) is 7.09. The predicted molar refractivity (Wildman–Crippen MR) is 109 cm³/mol. The average Bonchev–Trinajstić information content (AvgIpc) is 3.37. The molecule has 0 radical (unpaired) electrons. The minimum atomic E-state index is 0.507. The van der Waals surface area contributed by atoms with E-state index in [9.17, 15) is 0 Å². The third-order valence-corrected chi connectivity index (χ3v) is 5.25. The monoisotopic (exact) mass is 384 g/mol. The van der Waals surface area contributed by atoms with Crippen LogP contribution >= 0.6 is 11.3 Å². The number of guanidine groups is 1. The fourth-order valence-corrected chi connectivity index (χ4v) is 3.41. The molecule has 8 heteroatoms. The molecule has 0 spiro atoms. The minimum Gasteiger partial charge on any atom is -0.497 e. The van der Waals surface area contributed by atoms with Gasteiger partial charge < -0.3 is 15.4 Å². The van der Waals surface area contributed by atoms with Crippen molar-refractivity contribution in [2.75, 3.05) is 14.2 Å². The van der Waals surface area contributed by atoms with Gasteiger partial charge in [-0.05, 0) is 42.8 Å². The molecular weight excluding hydrogens is 360 g/mol. The molecule has 0 saturated carbocycles. The Morgan fingerprint density at radius 3 is 2.52 bits per heavy atom. The smallest absolute Gasteiger partial charge is 0.191 e. The number of hydrogen-bond acceptors (Lipinski definition) is 5. The summed E-state index contributed by atoms with van der Waals surface area (Å²) in [6, 6.07) is 12.0. The van der Waals surface area contributed by atoms with Gasteiger partial charge in [-0.1, -0.05) is 6.92 Å². The average molecular weight is 385 g/mol. The van der Waals surface area contributed by atoms with Crippen LogP contribution in [-0.2, 0) is 19.5 Å². The number of nitrogens with zero attached hydrogens (tertiary/aromatic N) is 3. The second kappa shape index (κ2) is 9.18. The Balaban J connectivity index is 1.53. The summed E-state index contributed by atoms with van der Waals surface area (Å²) in [6.07, 6.45) is 1.07. The van der Waals surface area contributed by atoms with Crippen molar-refractivity contribution in [3.63, 3.8) is 0 Å². The van der Waals surface area contributed by atoms with E-state index in [0.717, 1.165) is 36.1 Å². The first-order valence-corrected chi connectivity index (χ1v) is 9.61. The number of hydrogen-bond donors (Lipinski definition) is 3. The maximum Gasteiger partial charge on any atom is 0.191 e. The number of aliphatic imine (C=N–C) groups is 1. The fourth-order valence-electron chi connectivity index (χ4n) is 2.51. The van der Waals surface area contributed by atoms with E-state index in [1.54, 1.807) is 14.2 Å². The number of nitrogens with one attached hydrogen (secondary N) is 3. The van der Waals surface area contributed by atoms with Gasteiger partial charge in [-0.15, -0.1) is 11.3 Å². The predicted octanol–water partition coefficient (Wildman–Crippen LogP) is 2.97. The first-order chi connectivity index (χ1) is 13.2. The van der Waals surface area contributed by atoms with Crippen LogP contribution in [0.4, 0.5) is 0 Å². The highest BCUT2D eigenvalue weighted by atomic mass is 32.1. The van der Waals surface area contributed by atoms with E-state index >= 15 is 0 Å². The Kier molecular flexibility index (Phi) is 6.43. The zero-order valence-electron chi connectivity index (χ0n) is 15.7. The first-order valence-electron chi connectivity index (χ1n) is 8.79. The molecule has 2 aromatic heterocycles. The summed E-state index contributed by atoms with van der Waals surface area (Å²) in [6.45, 7) is 3.42. The van der Waals surface area contributed by atoms with E-state index in [-0.39, 0.29) is 0 Å². The number of H-pyrrole nitrogens is 1. The molecule has 0 aliphatic heterocycles. The van der Waals surface area contributed by atoms with E-state index < -0.39 is 0 Å². The summed E-state index contributed by atoms with van der Waals surface area (Å²) in [5.41, 5.74) is 0.935. The number of aryl methyl sites for hydroxylation is 1. The Morgan fingerprint density at radius 2 is 1.85 bits per heavy atom. The summed E-state index contributed by atoms with van der Waals surface area (Å²) in [4.78, 5) is 11.5. The lowest BCUT2D eigenvalue weighted by Crippen LogP contribution is -2.36. The Hall–Kier alpha value is -2.87. The minimum absolute atomic E-state index is 0.507. The largest absolute Gasteiger partial charge is 0.497 e. The van der Waals surface area contributed by atoms with E-state index in [4.69, 9.17) is 4.74 Å². The van der Waals surface area contributed by atoms with Crippen molar-refractivity contribution in [2.45, 2.75) is 26.4 Å². The SMILES string of the molecule is CCc1ccc(CNC(=NC)NCc2nc(-c3ccc(OC)cc3)n[nH]2)s1. The molecule has 0 unspecified atom stereocenters. The van der Waals surface area contributed by atoms with Gasteiger partial charge >= 0.3 is 0 Å². The van der Waals surface area contributed by atoms with Crippen molar-refractivity contribution in [1.82, 2.24) is 25.8 Å². The van der Waals surface area contributed by atoms with E-state index in [2.05, 4.69) is 49.9 Å². The Morgan fingerprint density at radius 1 is 1.11 bits per heavy atom. The molecule has 0 amide bonds. The number of rotatable bonds is 7. The topological polar surface area (TPSA) is 87.2 Å². The molecule has 142 valence electrons. The van der Waals surface area contributed by atoms with Gasteiger partial charge in [-0.3, -0.25) is 10.1 Å². The van der Waals surface area contributed by atoms with Gasteiger partial charge in [0.25, 0.3) is 0 Å². The molecule has 1 aromatic carbocycles. The van der Waals surface area contributed by atoms with Crippen molar-refractivity contribution >= 4 is 17.3 Å². The first kappa shape index (κ1) is 18.9. The molecule has 0 fully saturated rings. The summed E-state index contributed by atoms with van der Waals surface area (Å²) in [5.74, 6) is 2.93. The molecule has 0 aliphatic rings. The summed E-state index contributed by atoms with van der Waals surface area (Å²) in [7, 11) is 3.40. The highest BCUT2D eigenvalue weighted by molar-refractivity contribution is 7.11. The molecule has 3 aromatic rings. The van der Waals surface area contributed by atoms with Crippen LogP contribution in [-0.4, -0.2) is 35.3 Å². The Bertz CT molecular complexity index is 884. The number of benzene rings is 1. The van der Waals surface area contributed by atoms with Gasteiger partial charge in [0.2, 0.25) is 0 Å². The molecule has 3 N–H and O–H groups in total. The highest BCUT2D eigenvalue weighted by Gasteiger charge is 2.07. The molecule has 2 heterocycles. The molecule has 7 nitrogen and oxygen atoms in total. The van der Waals surface area contributed by atoms with Crippen LogP contribution in [0.15, 0.2) is 41.4 Å². The fraction of sp³-hybridized carbons (Fsp3) is 0.316. The van der Waals surface area contributed by atoms with Gasteiger partial charge in [0.1, 0.15) is 11.6 Å². The zero-order chi connectivity index (χ0) is 19.1. The maximum atomic E-state index is 5.17. The lowest BCUT2D eigenvalue weighted by molar-refractivity contribution is 0.415. The maximum absolute atomic E-state index is 5.17. The zero-order valence-corrected chi connectivity index (χ0v) is 16.6. The van der Waals surface area contributed by atoms with Gasteiger partial charge in [-0.25, -0.2) is 4.98 Å². The Labute approximate surface area is 162 Å². The van der Waals surface area contributed by atoms with Crippen molar-refractivity contribution in [1.29, 1.82) is 0 Å². The number of methoxy groups -OCH3 is 1. The van der Waals surface area contributed by atoms with Crippen LogP contribution in [0, 0.1) is 0 Å². The van der Waals surface area contributed by atoms with Gasteiger partial charge in [0.05, 0.1) is 20.2 Å². The molecule has 3 rings (SSSR count). The number of aromatic amines is 1. The van der Waals surface area contributed by atoms with E-state index in [0.29, 0.717) is 12.4 Å². The van der Waals surface area contributed by atoms with Crippen LogP contribution in [0.2, 0.25) is 0 Å². The summed E-state index contributed by atoms with van der Waals surface area (Å²) < 4.78 is 5.17. The van der Waals surface area contributed by atoms with E-state index in [1.807, 2.05) is 35.6 Å². The van der Waals surface area contributed by atoms with Gasteiger partial charge in [-0.2, -0.15) is 5.10 Å². The van der Waals surface area contributed by atoms with Gasteiger partial charge in [0, 0.05) is 22.4 Å². The molecular formula is C19H24N6OS. The van der Waals surface area contributed by atoms with Gasteiger partial charge in [0.15, 0.2) is 11.8 Å². The molecule has 0 bridgehead atoms. The summed E-state index contributed by atoms with van der Waals surface area (Å²) >= 11 is 1.82. The van der Waals surface area contributed by atoms with Crippen molar-refractivity contribution in [2.24, 2.45) is 4.99 Å². The molecule has 0 saturated heterocycles. The van der Waals surface area contributed by atoms with Crippen LogP contribution in [0.25, 0.3) is 11.4 Å². The highest BCUT2D eigenvalue weighted by Crippen LogP contribution is 2.19. The van der Waals surface area contributed by atoms with Crippen LogP contribution in [0.3, 0.4) is 0 Å². The number of ether oxygens (including phenoxy) is 1. The van der Waals surface area contributed by atoms with Crippen LogP contribution < -0.4 is 15.4 Å². The summed E-state index contributed by atoms with van der Waals surface area (Å²) in [5, 5.41) is 13.8. The van der Waals surface area contributed by atoms with Crippen LogP contribution in [0.5, 0.6) is 5.75 Å². The lowest BCUT2D eigenvalue weighted by Gasteiger charge is -2.09. The van der Waals surface area contributed by atoms with Crippen molar-refractivity contribution < 1.29 is 4.74 Å². The van der Waals surface area contributed by atoms with E-state index in [1.165, 1.54) is 9.75 Å². The third kappa shape index (κ3) is 5.07. The number of thiophene rings is 1. The second-order valence-electron chi connectivity index (χ2n) is 5.84. The molecule has 0 aliphatic carbocycles. The molecule has 27 heavy (non-hydrogen) atoms. The lowest BCUT2D eigenvalue weighted by atomic mass is 10.2. The quantitative estimate of drug-likeness (QED) is 0.431. The third-order valence-electron chi connectivity index (χ3n) is 4.02. The standard InChI is InChI=1S/C19H24N6OS/c1-4-15-9-10-16(27-15)11-21-19(20-2)22-12-17-23-18(25-24-17)13-5-7-14(26-3)8-6-13/h5-10H,4,11-12H2,1-3H3,(H2,20,21,22)(H,23,24,25). The van der Waals surface area contributed by atoms with Crippen molar-refractivity contribution in [3.05, 3.63) is 52.0 Å².